The predicted octanol–water partition coefficient (Wildman–Crippen LogP) is 3.05. The largest absolute Gasteiger partial charge is 0.497 e. The lowest BCUT2D eigenvalue weighted by Gasteiger charge is -2.13. The molecule has 4 aromatic heterocycles. The van der Waals surface area contributed by atoms with E-state index in [1.165, 1.54) is 22.9 Å². The first-order valence-electron chi connectivity index (χ1n) is 9.55. The zero-order valence-electron chi connectivity index (χ0n) is 16.9. The summed E-state index contributed by atoms with van der Waals surface area (Å²) < 4.78 is 49.3. The van der Waals surface area contributed by atoms with Crippen LogP contribution in [0.2, 0.25) is 0 Å². The maximum Gasteiger partial charge on any atom is 0.434 e. The molecule has 5 aromatic rings. The van der Waals surface area contributed by atoms with E-state index in [1.54, 1.807) is 31.4 Å². The van der Waals surface area contributed by atoms with E-state index in [0.29, 0.717) is 27.7 Å². The minimum atomic E-state index is -4.98. The highest BCUT2D eigenvalue weighted by Gasteiger charge is 2.41. The molecular weight excluding hydrogens is 443 g/mol. The summed E-state index contributed by atoms with van der Waals surface area (Å²) >= 11 is 0. The lowest BCUT2D eigenvalue weighted by atomic mass is 10.2. The van der Waals surface area contributed by atoms with Crippen LogP contribution in [-0.2, 0) is 12.7 Å². The number of hydrogen-bond acceptors (Lipinski definition) is 5. The van der Waals surface area contributed by atoms with E-state index in [9.17, 15) is 22.8 Å². The van der Waals surface area contributed by atoms with Crippen molar-refractivity contribution in [2.24, 2.45) is 0 Å². The summed E-state index contributed by atoms with van der Waals surface area (Å²) in [5.74, 6) is -1.25. The van der Waals surface area contributed by atoms with Crippen LogP contribution in [-0.4, -0.2) is 42.1 Å². The van der Waals surface area contributed by atoms with Crippen LogP contribution in [0.5, 0.6) is 5.75 Å². The average molecular weight is 457 g/mol. The normalized spacial score (nSPS) is 12.1. The molecule has 0 bridgehead atoms. The maximum absolute atomic E-state index is 13.7. The van der Waals surface area contributed by atoms with Crippen LogP contribution in [0.4, 0.5) is 13.2 Å². The van der Waals surface area contributed by atoms with Crippen molar-refractivity contribution < 1.29 is 27.8 Å². The number of alkyl halides is 3. The van der Waals surface area contributed by atoms with Crippen molar-refractivity contribution in [2.75, 3.05) is 7.11 Å². The van der Waals surface area contributed by atoms with E-state index < -0.39 is 23.4 Å². The van der Waals surface area contributed by atoms with Crippen molar-refractivity contribution in [1.29, 1.82) is 0 Å². The van der Waals surface area contributed by atoms with Gasteiger partial charge in [-0.3, -0.25) is 4.79 Å². The number of rotatable bonds is 5. The second-order valence-corrected chi connectivity index (χ2v) is 7.26. The number of aromatic carboxylic acids is 1. The molecule has 5 rings (SSSR count). The van der Waals surface area contributed by atoms with Gasteiger partial charge in [-0.2, -0.15) is 23.4 Å². The molecule has 0 saturated carbocycles. The van der Waals surface area contributed by atoms with Crippen LogP contribution in [0.3, 0.4) is 0 Å². The van der Waals surface area contributed by atoms with E-state index in [2.05, 4.69) is 10.2 Å². The van der Waals surface area contributed by atoms with Crippen molar-refractivity contribution in [1.82, 2.24) is 24.0 Å². The highest BCUT2D eigenvalue weighted by molar-refractivity contribution is 5.95. The minimum absolute atomic E-state index is 0.154. The van der Waals surface area contributed by atoms with Crippen LogP contribution >= 0.6 is 0 Å². The number of carboxylic acids is 1. The number of pyridine rings is 1. The van der Waals surface area contributed by atoms with E-state index in [0.717, 1.165) is 10.1 Å². The molecule has 12 heteroatoms. The van der Waals surface area contributed by atoms with Gasteiger partial charge >= 0.3 is 12.1 Å². The fraction of sp³-hybridized carbons (Fsp3) is 0.143. The molecular formula is C21H14F3N5O4. The zero-order chi connectivity index (χ0) is 23.5. The van der Waals surface area contributed by atoms with Crippen LogP contribution in [0.15, 0.2) is 53.6 Å². The van der Waals surface area contributed by atoms with Gasteiger partial charge in [0.25, 0.3) is 5.56 Å². The molecule has 1 aromatic carbocycles. The van der Waals surface area contributed by atoms with Gasteiger partial charge in [0, 0.05) is 0 Å². The first-order valence-corrected chi connectivity index (χ1v) is 9.55. The van der Waals surface area contributed by atoms with Gasteiger partial charge in [0.1, 0.15) is 16.8 Å². The first kappa shape index (κ1) is 20.5. The van der Waals surface area contributed by atoms with Gasteiger partial charge in [-0.05, 0) is 29.8 Å². The number of methoxy groups -OCH3 is 1. The monoisotopic (exact) mass is 457 g/mol. The highest BCUT2D eigenvalue weighted by atomic mass is 19.4. The van der Waals surface area contributed by atoms with Crippen LogP contribution in [0.1, 0.15) is 21.6 Å². The van der Waals surface area contributed by atoms with E-state index in [1.807, 2.05) is 0 Å². The summed E-state index contributed by atoms with van der Waals surface area (Å²) in [6.45, 7) is 0.227. The quantitative estimate of drug-likeness (QED) is 0.435. The minimum Gasteiger partial charge on any atom is -0.497 e. The third kappa shape index (κ3) is 3.10. The molecule has 168 valence electrons. The Labute approximate surface area is 182 Å². The fourth-order valence-electron chi connectivity index (χ4n) is 3.88. The van der Waals surface area contributed by atoms with Gasteiger partial charge in [-0.15, -0.1) is 0 Å². The summed E-state index contributed by atoms with van der Waals surface area (Å²) in [5.41, 5.74) is -1.18. The lowest BCUT2D eigenvalue weighted by molar-refractivity contribution is -0.143. The van der Waals surface area contributed by atoms with E-state index >= 15 is 0 Å². The van der Waals surface area contributed by atoms with Gasteiger partial charge in [0.2, 0.25) is 0 Å². The van der Waals surface area contributed by atoms with Gasteiger partial charge in [0.05, 0.1) is 37.0 Å². The van der Waals surface area contributed by atoms with Crippen LogP contribution in [0.25, 0.3) is 22.2 Å². The maximum atomic E-state index is 13.7. The molecule has 0 amide bonds. The number of halogens is 3. The number of aromatic nitrogens is 5. The van der Waals surface area contributed by atoms with Gasteiger partial charge in [-0.25, -0.2) is 14.0 Å². The number of benzene rings is 1. The smallest absolute Gasteiger partial charge is 0.434 e. The third-order valence-corrected chi connectivity index (χ3v) is 5.37. The van der Waals surface area contributed by atoms with E-state index in [-0.39, 0.29) is 23.3 Å². The van der Waals surface area contributed by atoms with Crippen LogP contribution in [0, 0.1) is 0 Å². The summed E-state index contributed by atoms with van der Waals surface area (Å²) in [6, 6.07) is 9.93. The second kappa shape index (κ2) is 7.08. The summed E-state index contributed by atoms with van der Waals surface area (Å²) in [6.07, 6.45) is -3.08. The summed E-state index contributed by atoms with van der Waals surface area (Å²) in [5, 5.41) is 17.1. The number of ether oxygens (including phenoxy) is 1. The number of carboxylic acid groups (broad SMARTS) is 1. The first-order chi connectivity index (χ1) is 15.7. The van der Waals surface area contributed by atoms with Gasteiger partial charge < -0.3 is 14.4 Å². The van der Waals surface area contributed by atoms with Crippen molar-refractivity contribution >= 4 is 22.4 Å². The molecule has 0 fully saturated rings. The van der Waals surface area contributed by atoms with Gasteiger partial charge in [-0.1, -0.05) is 12.1 Å². The predicted molar refractivity (Wildman–Crippen MR) is 109 cm³/mol. The fourth-order valence-corrected chi connectivity index (χ4v) is 3.88. The Morgan fingerprint density at radius 3 is 2.45 bits per heavy atom. The second-order valence-electron chi connectivity index (χ2n) is 7.26. The summed E-state index contributed by atoms with van der Waals surface area (Å²) in [4.78, 5) is 24.3. The van der Waals surface area contributed by atoms with E-state index in [4.69, 9.17) is 9.84 Å². The van der Waals surface area contributed by atoms with Crippen molar-refractivity contribution in [3.05, 3.63) is 76.0 Å². The Hall–Kier alpha value is -4.35. The molecule has 4 heterocycles. The zero-order valence-corrected chi connectivity index (χ0v) is 16.9. The standard InChI is InChI=1S/C21H14F3N5O4/c1-33-12-4-2-11(3-5-12)10-27-15-6-7-16(28-17(15)13(8-25-28)19(27)30)29-18(21(22,23)24)14(9-26-29)20(31)32/h2-9H,10H2,1H3,(H,31,32). The topological polar surface area (TPSA) is 104 Å². The summed E-state index contributed by atoms with van der Waals surface area (Å²) in [7, 11) is 1.54. The molecule has 0 spiro atoms. The molecule has 0 atom stereocenters. The third-order valence-electron chi connectivity index (χ3n) is 5.37. The SMILES string of the molecule is COc1ccc(Cn2c(=O)c3cnn4c(-n5ncc(C(=O)O)c5C(F)(F)F)ccc2c34)cc1. The van der Waals surface area contributed by atoms with Crippen LogP contribution < -0.4 is 10.3 Å². The molecule has 0 unspecified atom stereocenters. The Morgan fingerprint density at radius 2 is 1.82 bits per heavy atom. The number of carbonyl (C=O) groups is 1. The number of nitrogens with zero attached hydrogens (tertiary/aromatic N) is 5. The Morgan fingerprint density at radius 1 is 1.09 bits per heavy atom. The molecule has 0 aliphatic carbocycles. The highest BCUT2D eigenvalue weighted by Crippen LogP contribution is 2.34. The average Bonchev–Trinajstić information content (AvgIpc) is 3.47. The number of hydrogen-bond donors (Lipinski definition) is 1. The molecule has 1 N–H and O–H groups in total. The molecule has 33 heavy (non-hydrogen) atoms. The van der Waals surface area contributed by atoms with Crippen molar-refractivity contribution in [3.63, 3.8) is 0 Å². The van der Waals surface area contributed by atoms with Crippen molar-refractivity contribution in [2.45, 2.75) is 12.7 Å². The Bertz CT molecular complexity index is 1560. The Kier molecular flexibility index (Phi) is 4.41. The molecule has 9 nitrogen and oxygen atoms in total. The lowest BCUT2D eigenvalue weighted by Crippen LogP contribution is -2.19. The Balaban J connectivity index is 1.69. The molecule has 0 saturated heterocycles. The molecule has 0 aliphatic heterocycles. The molecule has 0 aliphatic rings. The molecule has 0 radical (unpaired) electrons. The van der Waals surface area contributed by atoms with Crippen molar-refractivity contribution in [3.8, 4) is 11.6 Å². The van der Waals surface area contributed by atoms with Gasteiger partial charge in [0.15, 0.2) is 11.5 Å².